The number of hydrogen-bond donors (Lipinski definition) is 1. The number of terminal acetylenes is 1. The maximum atomic E-state index is 12.7. The Hall–Kier alpha value is -0.680. The summed E-state index contributed by atoms with van der Waals surface area (Å²) in [5.41, 5.74) is 0. The average Bonchev–Trinajstić information content (AvgIpc) is 3.19. The van der Waals surface area contributed by atoms with Gasteiger partial charge in [0.2, 0.25) is 0 Å². The third-order valence-electron chi connectivity index (χ3n) is 13.4. The summed E-state index contributed by atoms with van der Waals surface area (Å²) in [6.07, 6.45) is 12.9. The first kappa shape index (κ1) is 28.1. The predicted molar refractivity (Wildman–Crippen MR) is 150 cm³/mol. The monoisotopic (exact) mass is 556 g/mol. The maximum Gasteiger partial charge on any atom is 0.171 e. The van der Waals surface area contributed by atoms with Crippen molar-refractivity contribution in [2.24, 2.45) is 65.1 Å². The van der Waals surface area contributed by atoms with Crippen LogP contribution >= 0.6 is 0 Å². The molecule has 7 rings (SSSR count). The zero-order valence-corrected chi connectivity index (χ0v) is 25.2. The molecule has 0 radical (unpaired) electrons. The largest absolute Gasteiger partial charge is 0.365 e. The van der Waals surface area contributed by atoms with Gasteiger partial charge in [0.15, 0.2) is 18.4 Å². The molecule has 2 aliphatic carbocycles. The fraction of sp³-hybridized carbons (Fsp3) is 0.941. The Labute approximate surface area is 241 Å². The Morgan fingerprint density at radius 2 is 1.55 bits per heavy atom. The molecule has 0 aromatic heterocycles. The summed E-state index contributed by atoms with van der Waals surface area (Å²) in [6, 6.07) is 0. The highest BCUT2D eigenvalue weighted by molar-refractivity contribution is 5.06. The summed E-state index contributed by atoms with van der Waals surface area (Å²) in [6.45, 7) is 12.0. The second-order valence-corrected chi connectivity index (χ2v) is 15.1. The molecule has 0 aromatic rings. The van der Waals surface area contributed by atoms with Crippen LogP contribution in [0.3, 0.4) is 0 Å². The Morgan fingerprint density at radius 1 is 0.800 bits per heavy atom. The molecule has 224 valence electrons. The molecule has 1 N–H and O–H groups in total. The van der Waals surface area contributed by atoms with E-state index in [2.05, 4.69) is 40.5 Å². The molecular formula is C34H52O6. The number of rotatable bonds is 2. The SMILES string of the molecule is C#CCOC1CC2OC3OC(C)CCC4C(C)C(CC(C2C)C34)C2(O)CCC3C(C)CCC4C(C)C1OC(O2)C34. The highest BCUT2D eigenvalue weighted by atomic mass is 16.7. The van der Waals surface area contributed by atoms with Crippen molar-refractivity contribution in [1.82, 2.24) is 0 Å². The number of fused-ring (bicyclic) bond motifs is 5. The molecule has 6 nitrogen and oxygen atoms in total. The van der Waals surface area contributed by atoms with Gasteiger partial charge in [-0.1, -0.05) is 40.0 Å². The molecule has 0 aromatic carbocycles. The molecule has 0 spiro atoms. The molecule has 5 aliphatic heterocycles. The molecule has 40 heavy (non-hydrogen) atoms. The van der Waals surface area contributed by atoms with Crippen LogP contribution in [0.1, 0.15) is 86.0 Å². The predicted octanol–water partition coefficient (Wildman–Crippen LogP) is 5.61. The normalized spacial score (nSPS) is 59.1. The van der Waals surface area contributed by atoms with Crippen molar-refractivity contribution < 1.29 is 28.8 Å². The van der Waals surface area contributed by atoms with Gasteiger partial charge >= 0.3 is 0 Å². The minimum Gasteiger partial charge on any atom is -0.365 e. The van der Waals surface area contributed by atoms with E-state index in [0.717, 1.165) is 32.1 Å². The zero-order valence-electron chi connectivity index (χ0n) is 25.2. The van der Waals surface area contributed by atoms with E-state index in [-0.39, 0.29) is 43.2 Å². The molecule has 18 atom stereocenters. The summed E-state index contributed by atoms with van der Waals surface area (Å²) in [7, 11) is 0. The molecule has 5 saturated heterocycles. The van der Waals surface area contributed by atoms with Gasteiger partial charge in [-0.25, -0.2) is 0 Å². The van der Waals surface area contributed by atoms with Crippen molar-refractivity contribution in [3.05, 3.63) is 0 Å². The van der Waals surface area contributed by atoms with E-state index < -0.39 is 12.1 Å². The molecule has 7 aliphatic rings. The number of ether oxygens (including phenoxy) is 5. The van der Waals surface area contributed by atoms with Crippen LogP contribution in [0.25, 0.3) is 0 Å². The Balaban J connectivity index is 1.35. The quantitative estimate of drug-likeness (QED) is 0.446. The van der Waals surface area contributed by atoms with Crippen LogP contribution in [-0.2, 0) is 23.7 Å². The molecule has 6 bridgehead atoms. The van der Waals surface area contributed by atoms with Crippen LogP contribution in [0.15, 0.2) is 0 Å². The van der Waals surface area contributed by atoms with Gasteiger partial charge in [-0.2, -0.15) is 0 Å². The lowest BCUT2D eigenvalue weighted by molar-refractivity contribution is -0.379. The first-order valence-electron chi connectivity index (χ1n) is 16.6. The van der Waals surface area contributed by atoms with Gasteiger partial charge in [-0.3, -0.25) is 0 Å². The molecular weight excluding hydrogens is 504 g/mol. The molecule has 2 saturated carbocycles. The smallest absolute Gasteiger partial charge is 0.171 e. The van der Waals surface area contributed by atoms with Crippen LogP contribution in [0.4, 0.5) is 0 Å². The van der Waals surface area contributed by atoms with Crippen LogP contribution in [-0.4, -0.2) is 54.5 Å². The summed E-state index contributed by atoms with van der Waals surface area (Å²) in [4.78, 5) is 0. The van der Waals surface area contributed by atoms with Crippen molar-refractivity contribution in [2.75, 3.05) is 6.61 Å². The molecule has 18 unspecified atom stereocenters. The van der Waals surface area contributed by atoms with Crippen molar-refractivity contribution in [3.8, 4) is 12.3 Å². The minimum atomic E-state index is -1.18. The van der Waals surface area contributed by atoms with Gasteiger partial charge in [0.05, 0.1) is 24.4 Å². The maximum absolute atomic E-state index is 12.7. The lowest BCUT2D eigenvalue weighted by Crippen LogP contribution is -2.62. The second-order valence-electron chi connectivity index (χ2n) is 15.1. The third-order valence-corrected chi connectivity index (χ3v) is 13.4. The summed E-state index contributed by atoms with van der Waals surface area (Å²) in [5.74, 6) is 5.74. The first-order chi connectivity index (χ1) is 19.2. The molecule has 7 fully saturated rings. The lowest BCUT2D eigenvalue weighted by Gasteiger charge is -2.59. The van der Waals surface area contributed by atoms with Crippen molar-refractivity contribution >= 4 is 0 Å². The van der Waals surface area contributed by atoms with E-state index in [4.69, 9.17) is 30.1 Å². The van der Waals surface area contributed by atoms with Crippen molar-refractivity contribution in [2.45, 2.75) is 129 Å². The van der Waals surface area contributed by atoms with Crippen LogP contribution in [0, 0.1) is 77.4 Å². The van der Waals surface area contributed by atoms with Crippen LogP contribution < -0.4 is 0 Å². The van der Waals surface area contributed by atoms with Crippen LogP contribution in [0.2, 0.25) is 0 Å². The van der Waals surface area contributed by atoms with E-state index in [1.54, 1.807) is 0 Å². The highest BCUT2D eigenvalue weighted by Gasteiger charge is 2.62. The number of aliphatic hydroxyl groups is 1. The topological polar surface area (TPSA) is 66.4 Å². The highest BCUT2D eigenvalue weighted by Crippen LogP contribution is 2.61. The minimum absolute atomic E-state index is 0.00121. The Kier molecular flexibility index (Phi) is 7.37. The molecule has 6 heteroatoms. The van der Waals surface area contributed by atoms with E-state index in [1.807, 2.05) is 0 Å². The fourth-order valence-electron chi connectivity index (χ4n) is 11.2. The zero-order chi connectivity index (χ0) is 27.9. The summed E-state index contributed by atoms with van der Waals surface area (Å²) in [5, 5.41) is 12.7. The fourth-order valence-corrected chi connectivity index (χ4v) is 11.2. The average molecular weight is 557 g/mol. The van der Waals surface area contributed by atoms with Gasteiger partial charge in [0.1, 0.15) is 6.61 Å². The van der Waals surface area contributed by atoms with Gasteiger partial charge in [-0.05, 0) is 86.4 Å². The Bertz CT molecular complexity index is 980. The number of hydrogen-bond acceptors (Lipinski definition) is 6. The van der Waals surface area contributed by atoms with E-state index >= 15 is 0 Å². The third kappa shape index (κ3) is 4.36. The lowest BCUT2D eigenvalue weighted by atomic mass is 9.55. The van der Waals surface area contributed by atoms with E-state index in [0.29, 0.717) is 65.6 Å². The molecule has 5 heterocycles. The second kappa shape index (κ2) is 10.5. The standard InChI is InChI=1S/C34H52O6/c1-7-14-36-28-16-27-20(5)25-15-26(19(4)23-11-9-18(3)37-32(38-27)30(23)25)34(35)13-12-22-17(2)8-10-24-21(6)31(28)39-33(40-34)29(22)24/h1,17-33,35H,8-16H2,2-6H3. The van der Waals surface area contributed by atoms with Crippen molar-refractivity contribution in [3.63, 3.8) is 0 Å². The first-order valence-corrected chi connectivity index (χ1v) is 16.6. The van der Waals surface area contributed by atoms with Gasteiger partial charge < -0.3 is 28.8 Å². The van der Waals surface area contributed by atoms with Gasteiger partial charge in [0, 0.05) is 30.6 Å². The summed E-state index contributed by atoms with van der Waals surface area (Å²) < 4.78 is 34.1. The Morgan fingerprint density at radius 3 is 2.35 bits per heavy atom. The van der Waals surface area contributed by atoms with E-state index in [9.17, 15) is 5.11 Å². The molecule has 0 amide bonds. The van der Waals surface area contributed by atoms with Crippen molar-refractivity contribution in [1.29, 1.82) is 0 Å². The summed E-state index contributed by atoms with van der Waals surface area (Å²) >= 11 is 0. The van der Waals surface area contributed by atoms with Crippen LogP contribution in [0.5, 0.6) is 0 Å². The van der Waals surface area contributed by atoms with E-state index in [1.165, 1.54) is 12.8 Å². The van der Waals surface area contributed by atoms with Gasteiger partial charge in [-0.15, -0.1) is 6.42 Å². The van der Waals surface area contributed by atoms with Gasteiger partial charge in [0.25, 0.3) is 0 Å².